The Hall–Kier alpha value is -5.53. The predicted molar refractivity (Wildman–Crippen MR) is 391 cm³/mol. The molecule has 0 bridgehead atoms. The highest BCUT2D eigenvalue weighted by Crippen LogP contribution is 2.38. The van der Waals surface area contributed by atoms with Crippen LogP contribution in [0.15, 0.2) is 8.83 Å². The molecule has 0 aliphatic carbocycles. The van der Waals surface area contributed by atoms with Gasteiger partial charge in [0.15, 0.2) is 17.5 Å². The van der Waals surface area contributed by atoms with Crippen molar-refractivity contribution in [1.29, 1.82) is 0 Å². The van der Waals surface area contributed by atoms with Crippen LogP contribution in [0.25, 0.3) is 120 Å². The van der Waals surface area contributed by atoms with Crippen molar-refractivity contribution in [2.24, 2.45) is 0 Å². The van der Waals surface area contributed by atoms with E-state index in [4.69, 9.17) is 251 Å². The molecule has 0 aliphatic rings. The zero-order valence-corrected chi connectivity index (χ0v) is 45.6. The number of hydrogen-bond donors (Lipinski definition) is 0. The molecule has 0 fully saturated rings. The lowest BCUT2D eigenvalue weighted by Crippen LogP contribution is -2.55. The van der Waals surface area contributed by atoms with Crippen LogP contribution in [-0.2, 0) is 0 Å². The number of aromatic nitrogens is 3. The van der Waals surface area contributed by atoms with Gasteiger partial charge in [-0.1, -0.05) is 87.4 Å². The predicted octanol–water partition coefficient (Wildman–Crippen LogP) is -20.6. The lowest BCUT2D eigenvalue weighted by molar-refractivity contribution is 0.674. The van der Waals surface area contributed by atoms with Gasteiger partial charge in [-0.3, -0.25) is 0 Å². The number of benzene rings is 8. The molecule has 0 aliphatic heterocycles. The van der Waals surface area contributed by atoms with Gasteiger partial charge in [-0.2, -0.15) is 0 Å². The highest BCUT2D eigenvalue weighted by atomic mass is 32.1. The first-order valence-corrected chi connectivity index (χ1v) is 25.8. The molecule has 0 saturated heterocycles. The second kappa shape index (κ2) is 20.8. The summed E-state index contributed by atoms with van der Waals surface area (Å²) in [6, 6.07) is 0. The van der Waals surface area contributed by atoms with E-state index >= 15 is 0 Å². The summed E-state index contributed by atoms with van der Waals surface area (Å²) >= 11 is 1.10. The average Bonchev–Trinajstić information content (AvgIpc) is 1.48. The van der Waals surface area contributed by atoms with Gasteiger partial charge in [0.1, 0.15) is 250 Å². The van der Waals surface area contributed by atoms with Crippen LogP contribution in [-0.4, -0.2) is 242 Å². The maximum absolute atomic E-state index is 7.32. The maximum atomic E-state index is 7.32. The SMILES string of the molecule is [B]c1c([B])c([B])c(-c2nc(-c3c([B])c([B])c4c(oc5c([B])c([B])c(-c6c([B])c(-c7c([B])c([B])c([B])c([B])c7[B])c7c(oc8c([B])c([B])c([B])c([B])c87)c6[B])c([B])c54)c3[B])nc(-c3c([B])c([B])c([B])c4sc5c([B])c([B])c([B])c([B])c5c34)n2)c([B])c1[B]. The molecule has 0 unspecified atom stereocenters. The van der Waals surface area contributed by atoms with Gasteiger partial charge in [0.05, 0.1) is 0 Å². The third kappa shape index (κ3) is 8.01. The quantitative estimate of drug-likeness (QED) is 0.161. The van der Waals surface area contributed by atoms with E-state index in [0.29, 0.717) is 9.40 Å². The molecule has 0 amide bonds. The van der Waals surface area contributed by atoms with E-state index in [2.05, 4.69) is 0 Å². The molecule has 58 radical (unpaired) electrons. The van der Waals surface area contributed by atoms with Crippen molar-refractivity contribution in [2.75, 3.05) is 0 Å². The Morgan fingerprint density at radius 1 is 0.174 bits per heavy atom. The lowest BCUT2D eigenvalue weighted by Gasteiger charge is -2.27. The number of rotatable bonds is 5. The van der Waals surface area contributed by atoms with Gasteiger partial charge in [0.25, 0.3) is 0 Å². The summed E-state index contributed by atoms with van der Waals surface area (Å²) in [7, 11) is 194. The molecule has 5 nitrogen and oxygen atoms in total. The highest BCUT2D eigenvalue weighted by molar-refractivity contribution is 7.28. The Morgan fingerprint density at radius 2 is 0.430 bits per heavy atom. The smallest absolute Gasteiger partial charge is 0.164 e. The van der Waals surface area contributed by atoms with Crippen LogP contribution >= 0.6 is 11.3 Å². The minimum absolute atomic E-state index is 0.000506. The monoisotopic (exact) mass is 1040 g/mol. The van der Waals surface area contributed by atoms with Gasteiger partial charge in [-0.15, -0.1) is 71.4 Å². The minimum Gasteiger partial charge on any atom is -0.457 e. The van der Waals surface area contributed by atoms with Gasteiger partial charge < -0.3 is 8.83 Å². The molecule has 86 heavy (non-hydrogen) atoms. The van der Waals surface area contributed by atoms with Crippen molar-refractivity contribution in [3.63, 3.8) is 0 Å². The van der Waals surface area contributed by atoms with Crippen molar-refractivity contribution < 1.29 is 8.83 Å². The molecule has 0 saturated carbocycles. The first-order valence-electron chi connectivity index (χ1n) is 24.9. The van der Waals surface area contributed by atoms with Crippen molar-refractivity contribution in [3.8, 4) is 56.4 Å². The Balaban J connectivity index is 1.19. The van der Waals surface area contributed by atoms with Crippen LogP contribution in [0, 0.1) is 0 Å². The van der Waals surface area contributed by atoms with Gasteiger partial charge >= 0.3 is 0 Å². The molecule has 324 valence electrons. The van der Waals surface area contributed by atoms with Crippen LogP contribution in [0.4, 0.5) is 0 Å². The molecule has 4 aromatic heterocycles. The Morgan fingerprint density at radius 3 is 0.942 bits per heavy atom. The molecule has 0 spiro atoms. The molecule has 8 aromatic carbocycles. The normalized spacial score (nSPS) is 11.9. The maximum Gasteiger partial charge on any atom is 0.164 e. The number of fused-ring (bicyclic) bond motifs is 9. The molecular formula is C51B29N3O2S. The zero-order chi connectivity index (χ0) is 62.7. The molecular weight excluding hydrogens is 1030 g/mol. The topological polar surface area (TPSA) is 65.0 Å². The Labute approximate surface area is 537 Å². The largest absolute Gasteiger partial charge is 0.457 e. The van der Waals surface area contributed by atoms with Crippen molar-refractivity contribution >= 4 is 461 Å². The molecule has 35 heteroatoms. The van der Waals surface area contributed by atoms with Gasteiger partial charge in [-0.05, 0) is 38.6 Å². The lowest BCUT2D eigenvalue weighted by atomic mass is 9.57. The van der Waals surface area contributed by atoms with E-state index in [1.807, 2.05) is 0 Å². The van der Waals surface area contributed by atoms with Crippen molar-refractivity contribution in [3.05, 3.63) is 0 Å². The van der Waals surface area contributed by atoms with E-state index < -0.39 is 0 Å². The van der Waals surface area contributed by atoms with Gasteiger partial charge in [0, 0.05) is 53.0 Å². The standard InChI is InChI=1S/C51B29N3O2S/c52-14-1(4-16(54)28(66)35(73)29(67)17(4)55)2-7-20(58)30(68)37(75)40(78)45(7)84-43(2)26(64)6(14)5-15(53)8-9-19(57)23(61)13(27(65)44(9)85-46(8)39(77)18(5)56)51-82-49(81-50(83-51)12-24(62)32(70)36(74)33(71)25(12)63)11-3-10-21(59)31(69)38(76)42(80)48(10)86-47(3)41(79)34(72)22(11)60. The average molecular weight is 1030 g/mol. The number of furan rings is 2. The first kappa shape index (κ1) is 60.7. The number of nitrogens with zero attached hydrogens (tertiary/aromatic N) is 3. The van der Waals surface area contributed by atoms with E-state index in [1.54, 1.807) is 0 Å². The van der Waals surface area contributed by atoms with Crippen LogP contribution in [0.3, 0.4) is 0 Å². The summed E-state index contributed by atoms with van der Waals surface area (Å²) in [6.45, 7) is 0. The molecule has 4 heterocycles. The summed E-state index contributed by atoms with van der Waals surface area (Å²) in [5, 5.41) is 0.728. The Bertz CT molecular complexity index is 5190. The van der Waals surface area contributed by atoms with Crippen molar-refractivity contribution in [1.82, 2.24) is 15.0 Å². The first-order chi connectivity index (χ1) is 40.3. The fourth-order valence-electron chi connectivity index (χ4n) is 11.3. The molecule has 12 aromatic rings. The van der Waals surface area contributed by atoms with E-state index in [9.17, 15) is 0 Å². The van der Waals surface area contributed by atoms with Gasteiger partial charge in [-0.25, -0.2) is 15.0 Å². The van der Waals surface area contributed by atoms with Crippen LogP contribution in [0.5, 0.6) is 0 Å². The van der Waals surface area contributed by atoms with E-state index in [0.717, 1.165) is 11.3 Å². The summed E-state index contributed by atoms with van der Waals surface area (Å²) < 4.78 is 13.7. The summed E-state index contributed by atoms with van der Waals surface area (Å²) in [6.07, 6.45) is 0. The molecule has 12 rings (SSSR count). The van der Waals surface area contributed by atoms with E-state index in [1.165, 1.54) is 0 Å². The second-order valence-corrected chi connectivity index (χ2v) is 21.5. The van der Waals surface area contributed by atoms with Crippen LogP contribution in [0.2, 0.25) is 0 Å². The third-order valence-electron chi connectivity index (χ3n) is 16.0. The van der Waals surface area contributed by atoms with Crippen LogP contribution in [0.1, 0.15) is 0 Å². The fraction of sp³-hybridized carbons (Fsp3) is 0. The second-order valence-electron chi connectivity index (χ2n) is 20.5. The summed E-state index contributed by atoms with van der Waals surface area (Å²) in [5.41, 5.74) is -4.91. The highest BCUT2D eigenvalue weighted by Gasteiger charge is 2.32. The summed E-state index contributed by atoms with van der Waals surface area (Å²) in [5.74, 6) is -0.846. The zero-order valence-electron chi connectivity index (χ0n) is 44.8. The molecule has 0 N–H and O–H groups in total. The third-order valence-corrected chi connectivity index (χ3v) is 17.3. The Kier molecular flexibility index (Phi) is 14.7. The number of hydrogen-bond acceptors (Lipinski definition) is 6. The fourth-order valence-corrected chi connectivity index (χ4v) is 12.6. The minimum atomic E-state index is -0.318. The molecule has 0 atom stereocenters. The number of thiophene rings is 1. The summed E-state index contributed by atoms with van der Waals surface area (Å²) in [4.78, 5) is 14.6. The van der Waals surface area contributed by atoms with Gasteiger partial charge in [0.2, 0.25) is 0 Å². The van der Waals surface area contributed by atoms with Crippen LogP contribution < -0.4 is 158 Å². The van der Waals surface area contributed by atoms with E-state index in [-0.39, 0.29) is 269 Å². The van der Waals surface area contributed by atoms with Crippen molar-refractivity contribution in [2.45, 2.75) is 0 Å².